The molecule has 0 radical (unpaired) electrons. The zero-order valence-corrected chi connectivity index (χ0v) is 3.09. The van der Waals surface area contributed by atoms with Gasteiger partial charge in [-0.05, 0) is 0 Å². The van der Waals surface area contributed by atoms with Crippen molar-refractivity contribution in [2.75, 3.05) is 0 Å². The molecule has 0 aliphatic carbocycles. The first-order valence-corrected chi connectivity index (χ1v) is 2.35. The topological polar surface area (TPSA) is 77.8 Å². The Bertz CT molecular complexity index is 64.1. The molecule has 0 heterocycles. The summed E-state index contributed by atoms with van der Waals surface area (Å²) in [6, 6.07) is 0. The van der Waals surface area contributed by atoms with Gasteiger partial charge in [-0.2, -0.15) is 0 Å². The van der Waals surface area contributed by atoms with E-state index in [1.807, 2.05) is 0 Å². The monoisotopic (exact) mass is 560 g/mol. The third kappa shape index (κ3) is 104. The summed E-state index contributed by atoms with van der Waals surface area (Å²) in [4.78, 5) is 21.6. The quantitative estimate of drug-likeness (QED) is 0.203. The number of hydrogen-bond donors (Lipinski definition) is 3. The molecule has 0 aromatic heterocycles. The van der Waals surface area contributed by atoms with Crippen LogP contribution in [0.1, 0.15) is 0 Å². The molecule has 0 atom stereocenters. The van der Waals surface area contributed by atoms with Crippen molar-refractivity contribution < 1.29 is 19.2 Å². The second kappa shape index (κ2) is 56.8. The van der Waals surface area contributed by atoms with Crippen molar-refractivity contribution in [3.63, 3.8) is 0 Å². The third-order valence-corrected chi connectivity index (χ3v) is 0. The fraction of sp³-hybridized carbons (Fsp3) is 0. The molecule has 4 nitrogen and oxygen atoms in total. The molecule has 0 bridgehead atoms. The second-order valence-electron chi connectivity index (χ2n) is 0.513. The molecule has 0 fully saturated rings. The minimum atomic E-state index is -4.64. The van der Waals surface area contributed by atoms with Crippen molar-refractivity contribution >= 4 is 423 Å². The van der Waals surface area contributed by atoms with Gasteiger partial charge in [-0.3, -0.25) is 0 Å². The summed E-state index contributed by atoms with van der Waals surface area (Å²) in [6.07, 6.45) is 0. The Morgan fingerprint density at radius 1 is 0.438 bits per heavy atom. The van der Waals surface area contributed by atoms with Gasteiger partial charge in [-0.1, -0.05) is 0 Å². The summed E-state index contributed by atoms with van der Waals surface area (Å²) in [5.74, 6) is 0. The van der Waals surface area contributed by atoms with Crippen LogP contribution in [0.25, 0.3) is 0 Å². The first-order chi connectivity index (χ1) is 2.00. The van der Waals surface area contributed by atoms with E-state index in [1.165, 1.54) is 0 Å². The Morgan fingerprint density at radius 3 is 0.438 bits per heavy atom. The van der Waals surface area contributed by atoms with E-state index in [9.17, 15) is 0 Å². The SMILES string of the molecule is O=P(O)(O)O.[CaH2].[CaH2].[CaH2].[CaH2].[CaH2].[CaH2].[CaH2].[CaH2].[CaH2].[CaH2].[CaH2]. The van der Waals surface area contributed by atoms with Crippen molar-refractivity contribution in [2.24, 2.45) is 0 Å². The van der Waals surface area contributed by atoms with Gasteiger partial charge in [0.1, 0.15) is 0 Å². The van der Waals surface area contributed by atoms with Gasteiger partial charge in [0, 0.05) is 0 Å². The second-order valence-corrected chi connectivity index (χ2v) is 1.54. The molecule has 0 amide bonds. The van der Waals surface area contributed by atoms with Crippen molar-refractivity contribution in [2.45, 2.75) is 0 Å². The standard InChI is InChI=1S/11Ca.H3O4P.22H/c;;;;;;;;;;;1-5(2,3)4;;;;;;;;;;;;;;;;;;;;;;/h;;;;;;;;;;;(H3,1,2,3,4);;;;;;;;;;;;;;;;;;;;;;. The molecule has 76 valence electrons. The van der Waals surface area contributed by atoms with Gasteiger partial charge in [-0.15, -0.1) is 0 Å². The molecule has 0 saturated heterocycles. The zero-order chi connectivity index (χ0) is 4.50. The van der Waals surface area contributed by atoms with E-state index < -0.39 is 7.82 Å². The van der Waals surface area contributed by atoms with E-state index in [1.54, 1.807) is 0 Å². The van der Waals surface area contributed by atoms with E-state index in [4.69, 9.17) is 19.2 Å². The third-order valence-electron chi connectivity index (χ3n) is 0. The Balaban J connectivity index is -0.00000000145. The maximum atomic E-state index is 8.88. The van der Waals surface area contributed by atoms with Gasteiger partial charge in [0.25, 0.3) is 0 Å². The summed E-state index contributed by atoms with van der Waals surface area (Å²) >= 11 is 0. The van der Waals surface area contributed by atoms with Gasteiger partial charge in [-0.25, -0.2) is 4.57 Å². The van der Waals surface area contributed by atoms with Crippen molar-refractivity contribution in [3.05, 3.63) is 0 Å². The molecule has 0 rings (SSSR count). The summed E-state index contributed by atoms with van der Waals surface area (Å²) in [5, 5.41) is 0. The van der Waals surface area contributed by atoms with Crippen molar-refractivity contribution in [3.8, 4) is 0 Å². The van der Waals surface area contributed by atoms with Gasteiger partial charge in [0.15, 0.2) is 0 Å². The molecule has 16 heteroatoms. The van der Waals surface area contributed by atoms with Gasteiger partial charge in [0.2, 0.25) is 0 Å². The predicted octanol–water partition coefficient (Wildman–Crippen LogP) is -11.0. The average Bonchev–Trinajstić information content (AvgIpc) is 0.722. The fourth-order valence-electron chi connectivity index (χ4n) is 0. The summed E-state index contributed by atoms with van der Waals surface area (Å²) in [7, 11) is -4.64. The van der Waals surface area contributed by atoms with Crippen LogP contribution in [0, 0.1) is 0 Å². The molecular formula is H25Ca11O4P. The van der Waals surface area contributed by atoms with Crippen LogP contribution in [-0.2, 0) is 4.57 Å². The van der Waals surface area contributed by atoms with Crippen LogP contribution in [0.15, 0.2) is 0 Å². The van der Waals surface area contributed by atoms with Crippen LogP contribution in [0.3, 0.4) is 0 Å². The van der Waals surface area contributed by atoms with E-state index in [-0.39, 0.29) is 415 Å². The normalized spacial score (nSPS) is 3.69. The Hall–Kier alpha value is 14.0. The number of hydrogen-bond acceptors (Lipinski definition) is 1. The molecule has 16 heavy (non-hydrogen) atoms. The van der Waals surface area contributed by atoms with E-state index >= 15 is 0 Å². The number of phosphoric acid groups is 1. The van der Waals surface area contributed by atoms with Gasteiger partial charge < -0.3 is 14.7 Å². The molecule has 0 aliphatic rings. The van der Waals surface area contributed by atoms with Crippen molar-refractivity contribution in [1.29, 1.82) is 0 Å². The van der Waals surface area contributed by atoms with E-state index in [2.05, 4.69) is 0 Å². The van der Waals surface area contributed by atoms with Crippen LogP contribution in [0.2, 0.25) is 0 Å². The molecule has 0 aromatic carbocycles. The first-order valence-electron chi connectivity index (χ1n) is 0.783. The van der Waals surface area contributed by atoms with Crippen molar-refractivity contribution in [1.82, 2.24) is 0 Å². The molecule has 0 spiro atoms. The van der Waals surface area contributed by atoms with Crippen LogP contribution in [0.4, 0.5) is 0 Å². The predicted molar refractivity (Wildman–Crippen MR) is 108 cm³/mol. The van der Waals surface area contributed by atoms with E-state index in [0.717, 1.165) is 0 Å². The zero-order valence-electron chi connectivity index (χ0n) is 2.20. The molecule has 0 aromatic rings. The Kier molecular flexibility index (Phi) is 277. The minimum absolute atomic E-state index is 0. The van der Waals surface area contributed by atoms with Gasteiger partial charge >= 0.3 is 423 Å². The van der Waals surface area contributed by atoms with Crippen LogP contribution in [0.5, 0.6) is 0 Å². The summed E-state index contributed by atoms with van der Waals surface area (Å²) in [5.41, 5.74) is 0. The number of rotatable bonds is 0. The van der Waals surface area contributed by atoms with Crippen LogP contribution < -0.4 is 0 Å². The average molecular weight is 561 g/mol. The Labute approximate surface area is 426 Å². The van der Waals surface area contributed by atoms with Crippen LogP contribution >= 0.6 is 7.82 Å². The molecular weight excluding hydrogens is 536 g/mol. The first kappa shape index (κ1) is 77.9. The van der Waals surface area contributed by atoms with E-state index in [0.29, 0.717) is 0 Å². The fourth-order valence-corrected chi connectivity index (χ4v) is 0. The summed E-state index contributed by atoms with van der Waals surface area (Å²) < 4.78 is 8.88. The molecule has 0 unspecified atom stereocenters. The Morgan fingerprint density at radius 2 is 0.438 bits per heavy atom. The van der Waals surface area contributed by atoms with Crippen LogP contribution in [-0.4, -0.2) is 430 Å². The van der Waals surface area contributed by atoms with Gasteiger partial charge in [0.05, 0.1) is 0 Å². The maximum absolute atomic E-state index is 8.88. The molecule has 0 aliphatic heterocycles. The molecule has 3 N–H and O–H groups in total. The molecule has 0 saturated carbocycles. The summed E-state index contributed by atoms with van der Waals surface area (Å²) in [6.45, 7) is 0.